The first kappa shape index (κ1) is 13.9. The van der Waals surface area contributed by atoms with Gasteiger partial charge < -0.3 is 13.9 Å². The smallest absolute Gasteiger partial charge is 0.396 e. The third-order valence-electron chi connectivity index (χ3n) is 3.06. The van der Waals surface area contributed by atoms with Gasteiger partial charge in [-0.2, -0.15) is 0 Å². The van der Waals surface area contributed by atoms with Crippen molar-refractivity contribution in [2.24, 2.45) is 0 Å². The Balaban J connectivity index is 1.60. The highest BCUT2D eigenvalue weighted by atomic mass is 32.2. The number of thioether (sulfide) groups is 1. The number of nitrogens with zero attached hydrogens (tertiary/aromatic N) is 2. The molecule has 0 spiro atoms. The largest absolute Gasteiger partial charge is 0.493 e. The van der Waals surface area contributed by atoms with Gasteiger partial charge in [0, 0.05) is 17.2 Å². The maximum atomic E-state index is 11.4. The van der Waals surface area contributed by atoms with Gasteiger partial charge in [-0.05, 0) is 13.0 Å². The molecular weight excluding hydrogens is 292 g/mol. The standard InChI is InChI=1S/C14H14N2O4S/c1-2-18-13(17)12-15-16-14(20-12)21-8-9-7-19-11-6-4-3-5-10(9)11/h3-6,9H,2,7-8H2,1H3. The van der Waals surface area contributed by atoms with Gasteiger partial charge >= 0.3 is 11.9 Å². The van der Waals surface area contributed by atoms with Gasteiger partial charge in [-0.25, -0.2) is 4.79 Å². The SMILES string of the molecule is CCOC(=O)c1nnc(SCC2COc3ccccc32)o1. The fraction of sp³-hybridized carbons (Fsp3) is 0.357. The Morgan fingerprint density at radius 1 is 1.43 bits per heavy atom. The number of carbonyl (C=O) groups is 1. The third-order valence-corrected chi connectivity index (χ3v) is 4.04. The molecule has 0 amide bonds. The maximum absolute atomic E-state index is 11.4. The lowest BCUT2D eigenvalue weighted by Gasteiger charge is -2.05. The second-order valence-electron chi connectivity index (χ2n) is 4.45. The van der Waals surface area contributed by atoms with Crippen LogP contribution in [-0.2, 0) is 4.74 Å². The number of aromatic nitrogens is 2. The number of fused-ring (bicyclic) bond motifs is 1. The Kier molecular flexibility index (Phi) is 4.10. The summed E-state index contributed by atoms with van der Waals surface area (Å²) in [5, 5.41) is 7.89. The molecule has 2 aromatic rings. The molecule has 1 aliphatic heterocycles. The van der Waals surface area contributed by atoms with Gasteiger partial charge in [0.2, 0.25) is 0 Å². The summed E-state index contributed by atoms with van der Waals surface area (Å²) in [5.74, 6) is 1.26. The minimum absolute atomic E-state index is 0.109. The number of ether oxygens (including phenoxy) is 2. The van der Waals surface area contributed by atoms with Gasteiger partial charge in [0.05, 0.1) is 13.2 Å². The molecule has 0 bridgehead atoms. The molecule has 1 aromatic carbocycles. The highest BCUT2D eigenvalue weighted by Gasteiger charge is 2.25. The summed E-state index contributed by atoms with van der Waals surface area (Å²) in [5.41, 5.74) is 1.19. The van der Waals surface area contributed by atoms with E-state index < -0.39 is 5.97 Å². The first-order chi connectivity index (χ1) is 10.3. The summed E-state index contributed by atoms with van der Waals surface area (Å²) in [6.45, 7) is 2.65. The minimum Gasteiger partial charge on any atom is -0.493 e. The van der Waals surface area contributed by atoms with Gasteiger partial charge in [0.1, 0.15) is 5.75 Å². The van der Waals surface area contributed by atoms with Crippen LogP contribution in [0.3, 0.4) is 0 Å². The molecule has 110 valence electrons. The molecule has 1 unspecified atom stereocenters. The van der Waals surface area contributed by atoms with E-state index in [1.54, 1.807) is 6.92 Å². The summed E-state index contributed by atoms with van der Waals surface area (Å²) in [7, 11) is 0. The monoisotopic (exact) mass is 306 g/mol. The second kappa shape index (κ2) is 6.17. The predicted octanol–water partition coefficient (Wildman–Crippen LogP) is 2.51. The molecule has 1 aliphatic rings. The predicted molar refractivity (Wildman–Crippen MR) is 75.7 cm³/mol. The van der Waals surface area contributed by atoms with Gasteiger partial charge in [0.15, 0.2) is 0 Å². The Morgan fingerprint density at radius 2 is 2.29 bits per heavy atom. The summed E-state index contributed by atoms with van der Waals surface area (Å²) in [6.07, 6.45) is 0. The van der Waals surface area contributed by atoms with E-state index in [1.165, 1.54) is 17.3 Å². The van der Waals surface area contributed by atoms with Crippen molar-refractivity contribution in [3.63, 3.8) is 0 Å². The fourth-order valence-electron chi connectivity index (χ4n) is 2.08. The minimum atomic E-state index is -0.591. The molecule has 0 saturated heterocycles. The van der Waals surface area contributed by atoms with Crippen LogP contribution in [0, 0.1) is 0 Å². The zero-order valence-corrected chi connectivity index (χ0v) is 12.3. The fourth-order valence-corrected chi connectivity index (χ4v) is 2.94. The van der Waals surface area contributed by atoms with Crippen molar-refractivity contribution in [2.75, 3.05) is 19.0 Å². The lowest BCUT2D eigenvalue weighted by Crippen LogP contribution is -2.04. The Bertz CT molecular complexity index is 643. The zero-order valence-electron chi connectivity index (χ0n) is 11.4. The lowest BCUT2D eigenvalue weighted by atomic mass is 10.0. The molecule has 7 heteroatoms. The van der Waals surface area contributed by atoms with Gasteiger partial charge in [-0.15, -0.1) is 5.10 Å². The van der Waals surface area contributed by atoms with E-state index in [-0.39, 0.29) is 18.4 Å². The molecule has 0 saturated carbocycles. The van der Waals surface area contributed by atoms with Crippen LogP contribution >= 0.6 is 11.8 Å². The topological polar surface area (TPSA) is 74.5 Å². The molecule has 0 radical (unpaired) electrons. The van der Waals surface area contributed by atoms with E-state index in [0.717, 1.165) is 11.5 Å². The average molecular weight is 306 g/mol. The first-order valence-corrected chi connectivity index (χ1v) is 7.61. The van der Waals surface area contributed by atoms with E-state index in [4.69, 9.17) is 13.9 Å². The number of esters is 1. The van der Waals surface area contributed by atoms with Gasteiger partial charge in [-0.3, -0.25) is 0 Å². The molecule has 1 aromatic heterocycles. The van der Waals surface area contributed by atoms with Crippen LogP contribution in [0.15, 0.2) is 33.9 Å². The normalized spacial score (nSPS) is 16.3. The Hall–Kier alpha value is -2.02. The Morgan fingerprint density at radius 3 is 3.14 bits per heavy atom. The van der Waals surface area contributed by atoms with E-state index in [1.807, 2.05) is 18.2 Å². The molecule has 0 fully saturated rings. The molecule has 3 rings (SSSR count). The molecule has 1 atom stereocenters. The summed E-state index contributed by atoms with van der Waals surface area (Å²) in [4.78, 5) is 11.4. The molecule has 6 nitrogen and oxygen atoms in total. The van der Waals surface area contributed by atoms with E-state index in [0.29, 0.717) is 11.8 Å². The summed E-state index contributed by atoms with van der Waals surface area (Å²) < 4.78 is 15.7. The molecule has 0 N–H and O–H groups in total. The lowest BCUT2D eigenvalue weighted by molar-refractivity contribution is 0.0475. The third kappa shape index (κ3) is 3.02. The molecule has 21 heavy (non-hydrogen) atoms. The number of hydrogen-bond acceptors (Lipinski definition) is 7. The van der Waals surface area contributed by atoms with Crippen LogP contribution in [0.1, 0.15) is 29.1 Å². The van der Waals surface area contributed by atoms with Crippen molar-refractivity contribution in [1.82, 2.24) is 10.2 Å². The van der Waals surface area contributed by atoms with Gasteiger partial charge in [0.25, 0.3) is 5.22 Å². The van der Waals surface area contributed by atoms with Gasteiger partial charge in [-0.1, -0.05) is 35.1 Å². The average Bonchev–Trinajstić information content (AvgIpc) is 3.12. The van der Waals surface area contributed by atoms with Crippen molar-refractivity contribution in [3.05, 3.63) is 35.7 Å². The summed E-state index contributed by atoms with van der Waals surface area (Å²) >= 11 is 1.41. The molecular formula is C14H14N2O4S. The number of rotatable bonds is 5. The van der Waals surface area contributed by atoms with Crippen LogP contribution < -0.4 is 4.74 Å². The Labute approximate surface area is 125 Å². The highest BCUT2D eigenvalue weighted by Crippen LogP contribution is 2.36. The van der Waals surface area contributed by atoms with Crippen molar-refractivity contribution < 1.29 is 18.7 Å². The zero-order chi connectivity index (χ0) is 14.7. The van der Waals surface area contributed by atoms with Crippen LogP contribution in [0.5, 0.6) is 5.75 Å². The van der Waals surface area contributed by atoms with E-state index >= 15 is 0 Å². The van der Waals surface area contributed by atoms with Crippen LogP contribution in [0.4, 0.5) is 0 Å². The van der Waals surface area contributed by atoms with Crippen molar-refractivity contribution in [1.29, 1.82) is 0 Å². The molecule has 0 aliphatic carbocycles. The number of hydrogen-bond donors (Lipinski definition) is 0. The van der Waals surface area contributed by atoms with Crippen LogP contribution in [0.25, 0.3) is 0 Å². The molecule has 2 heterocycles. The number of benzene rings is 1. The number of para-hydroxylation sites is 1. The first-order valence-electron chi connectivity index (χ1n) is 6.63. The quantitative estimate of drug-likeness (QED) is 0.620. The van der Waals surface area contributed by atoms with Crippen LogP contribution in [0.2, 0.25) is 0 Å². The van der Waals surface area contributed by atoms with Crippen molar-refractivity contribution in [3.8, 4) is 5.75 Å². The van der Waals surface area contributed by atoms with Crippen molar-refractivity contribution in [2.45, 2.75) is 18.1 Å². The van der Waals surface area contributed by atoms with E-state index in [9.17, 15) is 4.79 Å². The van der Waals surface area contributed by atoms with Crippen LogP contribution in [-0.4, -0.2) is 35.1 Å². The van der Waals surface area contributed by atoms with Crippen molar-refractivity contribution >= 4 is 17.7 Å². The summed E-state index contributed by atoms with van der Waals surface area (Å²) in [6, 6.07) is 7.98. The second-order valence-corrected chi connectivity index (χ2v) is 5.42. The number of carbonyl (C=O) groups excluding carboxylic acids is 1. The van der Waals surface area contributed by atoms with E-state index in [2.05, 4.69) is 16.3 Å². The highest BCUT2D eigenvalue weighted by molar-refractivity contribution is 7.99. The maximum Gasteiger partial charge on any atom is 0.396 e.